The smallest absolute Gasteiger partial charge is 0.116 e. The predicted octanol–water partition coefficient (Wildman–Crippen LogP) is 5.99. The molecule has 4 nitrogen and oxygen atoms in total. The Morgan fingerprint density at radius 3 is 2.50 bits per heavy atom. The van der Waals surface area contributed by atoms with Gasteiger partial charge in [0.1, 0.15) is 11.5 Å². The average molecular weight is 489 g/mol. The summed E-state index contributed by atoms with van der Waals surface area (Å²) in [6, 6.07) is 16.0. The first kappa shape index (κ1) is 26.5. The van der Waals surface area contributed by atoms with Gasteiger partial charge in [-0.25, -0.2) is 0 Å². The summed E-state index contributed by atoms with van der Waals surface area (Å²) in [4.78, 5) is 5.00. The van der Waals surface area contributed by atoms with Crippen molar-refractivity contribution >= 4 is 0 Å². The van der Waals surface area contributed by atoms with Crippen LogP contribution in [0.3, 0.4) is 0 Å². The Morgan fingerprint density at radius 2 is 1.81 bits per heavy atom. The number of hydrogen-bond acceptors (Lipinski definition) is 4. The maximum Gasteiger partial charge on any atom is 0.116 e. The van der Waals surface area contributed by atoms with Crippen molar-refractivity contribution in [3.63, 3.8) is 0 Å². The number of likely N-dealkylation sites (N-methyl/N-ethyl adjacent to an activating group) is 2. The molecular weight excluding hydrogens is 444 g/mol. The first-order valence-corrected chi connectivity index (χ1v) is 13.6. The lowest BCUT2D eigenvalue weighted by Crippen LogP contribution is -2.43. The van der Waals surface area contributed by atoms with Crippen LogP contribution < -0.4 is 0 Å². The van der Waals surface area contributed by atoms with Gasteiger partial charge in [0.2, 0.25) is 0 Å². The first-order valence-electron chi connectivity index (χ1n) is 13.6. The van der Waals surface area contributed by atoms with Crippen LogP contribution in [0.5, 0.6) is 5.75 Å². The lowest BCUT2D eigenvalue weighted by molar-refractivity contribution is 0.147. The van der Waals surface area contributed by atoms with E-state index in [9.17, 15) is 5.11 Å². The molecule has 4 heteroatoms. The fraction of sp³-hybridized carbons (Fsp3) is 0.500. The van der Waals surface area contributed by atoms with Gasteiger partial charge in [0.25, 0.3) is 0 Å². The Morgan fingerprint density at radius 1 is 1.06 bits per heavy atom. The molecule has 1 N–H and O–H groups in total. The molecule has 0 bridgehead atoms. The molecule has 0 fully saturated rings. The summed E-state index contributed by atoms with van der Waals surface area (Å²) in [6.07, 6.45) is 11.2. The lowest BCUT2D eigenvalue weighted by atomic mass is 9.72. The molecule has 2 aliphatic carbocycles. The topological polar surface area (TPSA) is 35.9 Å². The number of aromatic hydroxyl groups is 1. The van der Waals surface area contributed by atoms with Gasteiger partial charge in [-0.3, -0.25) is 4.90 Å². The van der Waals surface area contributed by atoms with Crippen LogP contribution in [0.25, 0.3) is 0 Å². The molecule has 2 unspecified atom stereocenters. The molecule has 194 valence electrons. The highest BCUT2D eigenvalue weighted by Gasteiger charge is 2.34. The van der Waals surface area contributed by atoms with E-state index in [2.05, 4.69) is 86.2 Å². The minimum absolute atomic E-state index is 0.304. The maximum atomic E-state index is 9.90. The molecule has 0 amide bonds. The molecule has 0 aliphatic heterocycles. The number of aryl methyl sites for hydroxylation is 1. The third-order valence-electron chi connectivity index (χ3n) is 8.32. The van der Waals surface area contributed by atoms with Gasteiger partial charge in [0.15, 0.2) is 0 Å². The highest BCUT2D eigenvalue weighted by molar-refractivity contribution is 5.37. The van der Waals surface area contributed by atoms with Crippen LogP contribution in [-0.4, -0.2) is 54.2 Å². The van der Waals surface area contributed by atoms with Crippen LogP contribution in [0.4, 0.5) is 0 Å². The minimum Gasteiger partial charge on any atom is -0.508 e. The number of allylic oxidation sites excluding steroid dienone is 1. The summed E-state index contributed by atoms with van der Waals surface area (Å²) in [5.41, 5.74) is 5.46. The second-order valence-electron chi connectivity index (χ2n) is 10.9. The van der Waals surface area contributed by atoms with Gasteiger partial charge in [-0.15, -0.1) is 0 Å². The van der Waals surface area contributed by atoms with Crippen LogP contribution in [-0.2, 0) is 30.5 Å². The number of phenols is 1. The number of fused-ring (bicyclic) bond motifs is 1. The largest absolute Gasteiger partial charge is 0.508 e. The van der Waals surface area contributed by atoms with E-state index in [0.29, 0.717) is 29.7 Å². The van der Waals surface area contributed by atoms with Crippen molar-refractivity contribution in [2.24, 2.45) is 11.8 Å². The summed E-state index contributed by atoms with van der Waals surface area (Å²) >= 11 is 0. The summed E-state index contributed by atoms with van der Waals surface area (Å²) in [6.45, 7) is 9.77. The molecule has 0 saturated heterocycles. The zero-order valence-electron chi connectivity index (χ0n) is 22.8. The van der Waals surface area contributed by atoms with Crippen molar-refractivity contribution in [3.8, 4) is 5.75 Å². The Hall–Kier alpha value is -2.56. The zero-order valence-corrected chi connectivity index (χ0v) is 22.8. The van der Waals surface area contributed by atoms with Gasteiger partial charge in [-0.2, -0.15) is 0 Å². The number of nitrogens with zero attached hydrogens (tertiary/aromatic N) is 2. The third kappa shape index (κ3) is 6.41. The zero-order chi connectivity index (χ0) is 25.7. The molecule has 3 atom stereocenters. The Balaban J connectivity index is 1.47. The van der Waals surface area contributed by atoms with E-state index in [-0.39, 0.29) is 0 Å². The minimum atomic E-state index is 0.304. The Bertz CT molecular complexity index is 1060. The van der Waals surface area contributed by atoms with E-state index >= 15 is 0 Å². The van der Waals surface area contributed by atoms with Crippen LogP contribution in [0, 0.1) is 11.8 Å². The molecule has 0 aromatic heterocycles. The number of rotatable bonds is 10. The number of benzene rings is 2. The van der Waals surface area contributed by atoms with Gasteiger partial charge in [0, 0.05) is 25.2 Å². The molecule has 0 radical (unpaired) electrons. The summed E-state index contributed by atoms with van der Waals surface area (Å²) in [5.74, 6) is 2.36. The van der Waals surface area contributed by atoms with Crippen molar-refractivity contribution in [3.05, 3.63) is 88.7 Å². The Kier molecular flexibility index (Phi) is 8.92. The molecular formula is C32H44N2O2. The molecule has 36 heavy (non-hydrogen) atoms. The summed E-state index contributed by atoms with van der Waals surface area (Å²) in [7, 11) is 3.96. The quantitative estimate of drug-likeness (QED) is 0.446. The fourth-order valence-electron chi connectivity index (χ4n) is 5.71. The second kappa shape index (κ2) is 12.1. The fourth-order valence-corrected chi connectivity index (χ4v) is 5.71. The number of methoxy groups -OCH3 is 1. The third-order valence-corrected chi connectivity index (χ3v) is 8.32. The van der Waals surface area contributed by atoms with Gasteiger partial charge >= 0.3 is 0 Å². The van der Waals surface area contributed by atoms with E-state index in [4.69, 9.17) is 4.74 Å². The van der Waals surface area contributed by atoms with Crippen molar-refractivity contribution in [1.29, 1.82) is 0 Å². The molecule has 2 aliphatic rings. The van der Waals surface area contributed by atoms with Gasteiger partial charge in [0.05, 0.1) is 7.11 Å². The van der Waals surface area contributed by atoms with E-state index in [0.717, 1.165) is 51.1 Å². The van der Waals surface area contributed by atoms with Gasteiger partial charge in [-0.1, -0.05) is 43.3 Å². The molecule has 0 saturated carbocycles. The van der Waals surface area contributed by atoms with Crippen LogP contribution in [0.2, 0.25) is 0 Å². The summed E-state index contributed by atoms with van der Waals surface area (Å²) in [5, 5.41) is 9.90. The van der Waals surface area contributed by atoms with Gasteiger partial charge in [-0.05, 0) is 111 Å². The molecule has 2 aromatic carbocycles. The van der Waals surface area contributed by atoms with E-state index in [1.807, 2.05) is 12.1 Å². The number of hydrogen-bond donors (Lipinski definition) is 1. The molecule has 0 heterocycles. The van der Waals surface area contributed by atoms with Crippen molar-refractivity contribution < 1.29 is 9.84 Å². The highest BCUT2D eigenvalue weighted by atomic mass is 16.5. The maximum absolute atomic E-state index is 9.90. The normalized spacial score (nSPS) is 21.7. The SMILES string of the molecule is CCN(Cc1ccc(CCN(C)C(C)C)cc1)C1C=C(OC)C=CC1[C@@H]1CCc2cc(O)ccc2C1. The predicted molar refractivity (Wildman–Crippen MR) is 149 cm³/mol. The van der Waals surface area contributed by atoms with Crippen molar-refractivity contribution in [2.75, 3.05) is 27.2 Å². The lowest BCUT2D eigenvalue weighted by Gasteiger charge is -2.41. The number of phenolic OH excluding ortho intramolecular Hbond substituents is 1. The molecule has 4 rings (SSSR count). The Labute approximate surface area is 218 Å². The van der Waals surface area contributed by atoms with Crippen molar-refractivity contribution in [2.45, 2.75) is 65.1 Å². The molecule has 0 spiro atoms. The standard InChI is InChI=1S/C32H44N2O2/c1-6-34(22-25-9-7-24(8-10-25)17-18-33(4)23(2)3)32-21-30(36-5)15-16-31(32)28-12-11-27-20-29(35)14-13-26(27)19-28/h7-10,13-16,20-21,23,28,31-32,35H,6,11-12,17-19,22H2,1-5H3/t28-,31?,32?/m1/s1. The van der Waals surface area contributed by atoms with Gasteiger partial charge < -0.3 is 14.7 Å². The number of ether oxygens (including phenoxy) is 1. The first-order chi connectivity index (χ1) is 17.4. The van der Waals surface area contributed by atoms with E-state index < -0.39 is 0 Å². The summed E-state index contributed by atoms with van der Waals surface area (Å²) < 4.78 is 5.67. The average Bonchev–Trinajstić information content (AvgIpc) is 2.90. The van der Waals surface area contributed by atoms with E-state index in [1.165, 1.54) is 22.3 Å². The highest BCUT2D eigenvalue weighted by Crippen LogP contribution is 2.38. The van der Waals surface area contributed by atoms with Crippen LogP contribution in [0.15, 0.2) is 66.5 Å². The van der Waals surface area contributed by atoms with Crippen LogP contribution >= 0.6 is 0 Å². The van der Waals surface area contributed by atoms with Crippen molar-refractivity contribution in [1.82, 2.24) is 9.80 Å². The molecule has 2 aromatic rings. The van der Waals surface area contributed by atoms with Crippen LogP contribution in [0.1, 0.15) is 49.4 Å². The monoisotopic (exact) mass is 488 g/mol. The second-order valence-corrected chi connectivity index (χ2v) is 10.9. The van der Waals surface area contributed by atoms with E-state index in [1.54, 1.807) is 7.11 Å².